The number of hydrogen-bond acceptors (Lipinski definition) is 5. The van der Waals surface area contributed by atoms with Crippen molar-refractivity contribution in [1.82, 2.24) is 5.43 Å². The lowest BCUT2D eigenvalue weighted by atomic mass is 10.2. The molecule has 0 saturated carbocycles. The van der Waals surface area contributed by atoms with E-state index >= 15 is 0 Å². The van der Waals surface area contributed by atoms with Crippen molar-refractivity contribution in [2.24, 2.45) is 5.10 Å². The number of amides is 1. The summed E-state index contributed by atoms with van der Waals surface area (Å²) in [5.41, 5.74) is 2.79. The predicted molar refractivity (Wildman–Crippen MR) is 91.9 cm³/mol. The fourth-order valence-electron chi connectivity index (χ4n) is 1.85. The first-order valence-electron chi connectivity index (χ1n) is 7.35. The molecule has 6 nitrogen and oxygen atoms in total. The Morgan fingerprint density at radius 1 is 1.36 bits per heavy atom. The monoisotopic (exact) mass is 366 g/mol. The molecule has 2 rings (SSSR count). The number of carbonyl (C=O) groups is 1. The molecule has 0 aliphatic carbocycles. The van der Waals surface area contributed by atoms with E-state index in [1.54, 1.807) is 6.92 Å². The third kappa shape index (κ3) is 5.65. The van der Waals surface area contributed by atoms with Crippen molar-refractivity contribution in [3.63, 3.8) is 0 Å². The van der Waals surface area contributed by atoms with Crippen LogP contribution in [0.1, 0.15) is 12.5 Å². The minimum Gasteiger partial charge on any atom is -0.503 e. The van der Waals surface area contributed by atoms with Crippen LogP contribution in [0.25, 0.3) is 0 Å². The number of aromatic hydroxyl groups is 1. The van der Waals surface area contributed by atoms with Crippen LogP contribution in [0.15, 0.2) is 41.5 Å². The maximum Gasteiger partial charge on any atom is 0.277 e. The molecule has 2 aromatic rings. The van der Waals surface area contributed by atoms with E-state index in [4.69, 9.17) is 21.1 Å². The molecule has 0 radical (unpaired) electrons. The fourth-order valence-corrected chi connectivity index (χ4v) is 2.07. The molecule has 0 bridgehead atoms. The van der Waals surface area contributed by atoms with Crippen LogP contribution in [0.5, 0.6) is 17.2 Å². The second-order valence-corrected chi connectivity index (χ2v) is 5.23. The molecule has 0 saturated heterocycles. The zero-order valence-corrected chi connectivity index (χ0v) is 14.1. The van der Waals surface area contributed by atoms with E-state index < -0.39 is 11.7 Å². The van der Waals surface area contributed by atoms with Crippen molar-refractivity contribution in [3.8, 4) is 17.2 Å². The van der Waals surface area contributed by atoms with Gasteiger partial charge in [-0.25, -0.2) is 9.82 Å². The van der Waals surface area contributed by atoms with E-state index in [9.17, 15) is 14.3 Å². The van der Waals surface area contributed by atoms with Crippen molar-refractivity contribution in [2.75, 3.05) is 13.2 Å². The molecule has 8 heteroatoms. The molecule has 0 aliphatic heterocycles. The van der Waals surface area contributed by atoms with Gasteiger partial charge in [0.1, 0.15) is 11.6 Å². The summed E-state index contributed by atoms with van der Waals surface area (Å²) in [6.07, 6.45) is 1.34. The van der Waals surface area contributed by atoms with E-state index in [0.29, 0.717) is 12.2 Å². The molecular weight excluding hydrogens is 351 g/mol. The number of benzene rings is 2. The van der Waals surface area contributed by atoms with Crippen molar-refractivity contribution < 1.29 is 23.8 Å². The number of hydrogen-bond donors (Lipinski definition) is 2. The molecule has 2 aromatic carbocycles. The molecule has 0 fully saturated rings. The molecule has 0 atom stereocenters. The van der Waals surface area contributed by atoms with Gasteiger partial charge in [-0.15, -0.1) is 0 Å². The van der Waals surface area contributed by atoms with Crippen LogP contribution in [0.2, 0.25) is 5.02 Å². The molecule has 0 aliphatic rings. The third-order valence-corrected chi connectivity index (χ3v) is 3.21. The van der Waals surface area contributed by atoms with Crippen molar-refractivity contribution in [2.45, 2.75) is 6.92 Å². The second kappa shape index (κ2) is 8.89. The minimum absolute atomic E-state index is 0.105. The quantitative estimate of drug-likeness (QED) is 0.583. The van der Waals surface area contributed by atoms with Crippen LogP contribution < -0.4 is 14.9 Å². The summed E-state index contributed by atoms with van der Waals surface area (Å²) in [4.78, 5) is 11.6. The Balaban J connectivity index is 1.90. The van der Waals surface area contributed by atoms with E-state index in [0.717, 1.165) is 0 Å². The number of nitrogens with zero attached hydrogens (tertiary/aromatic N) is 1. The van der Waals surface area contributed by atoms with Gasteiger partial charge in [-0.05, 0) is 36.8 Å². The number of phenolic OH excluding ortho intramolecular Hbond substituents is 1. The van der Waals surface area contributed by atoms with Gasteiger partial charge < -0.3 is 14.6 Å². The number of ether oxygens (including phenoxy) is 2. The lowest BCUT2D eigenvalue weighted by Crippen LogP contribution is -2.24. The first-order valence-corrected chi connectivity index (χ1v) is 7.73. The number of halogens is 2. The van der Waals surface area contributed by atoms with Crippen molar-refractivity contribution >= 4 is 23.7 Å². The number of rotatable bonds is 7. The van der Waals surface area contributed by atoms with Gasteiger partial charge in [-0.2, -0.15) is 5.10 Å². The van der Waals surface area contributed by atoms with Crippen LogP contribution in [0.3, 0.4) is 0 Å². The number of carbonyl (C=O) groups excluding carboxylic acids is 1. The Morgan fingerprint density at radius 3 is 2.88 bits per heavy atom. The zero-order chi connectivity index (χ0) is 18.2. The van der Waals surface area contributed by atoms with Gasteiger partial charge in [0.05, 0.1) is 17.8 Å². The largest absolute Gasteiger partial charge is 0.503 e. The predicted octanol–water partition coefficient (Wildman–Crippen LogP) is 3.11. The average molecular weight is 367 g/mol. The summed E-state index contributed by atoms with van der Waals surface area (Å²) in [5.74, 6) is -0.670. The smallest absolute Gasteiger partial charge is 0.277 e. The van der Waals surface area contributed by atoms with Gasteiger partial charge in [-0.3, -0.25) is 4.79 Å². The number of nitrogens with one attached hydrogen (secondary N) is 1. The van der Waals surface area contributed by atoms with E-state index in [1.165, 1.54) is 42.6 Å². The second-order valence-electron chi connectivity index (χ2n) is 4.82. The highest BCUT2D eigenvalue weighted by atomic mass is 35.5. The SMILES string of the molecule is CCOc1cc(/C=N/NC(=O)COc2cccc(F)c2)cc(Cl)c1O. The summed E-state index contributed by atoms with van der Waals surface area (Å²) < 4.78 is 23.4. The fraction of sp³-hybridized carbons (Fsp3) is 0.176. The summed E-state index contributed by atoms with van der Waals surface area (Å²) in [5, 5.41) is 13.6. The van der Waals surface area contributed by atoms with Gasteiger partial charge in [0.25, 0.3) is 5.91 Å². The zero-order valence-electron chi connectivity index (χ0n) is 13.3. The Labute approximate surface area is 148 Å². The Morgan fingerprint density at radius 2 is 2.16 bits per heavy atom. The molecule has 0 aromatic heterocycles. The van der Waals surface area contributed by atoms with Crippen LogP contribution in [0.4, 0.5) is 4.39 Å². The highest BCUT2D eigenvalue weighted by Crippen LogP contribution is 2.34. The third-order valence-electron chi connectivity index (χ3n) is 2.92. The van der Waals surface area contributed by atoms with Crippen molar-refractivity contribution in [3.05, 3.63) is 52.8 Å². The van der Waals surface area contributed by atoms with Gasteiger partial charge in [0, 0.05) is 6.07 Å². The lowest BCUT2D eigenvalue weighted by Gasteiger charge is -2.08. The van der Waals surface area contributed by atoms with Crippen molar-refractivity contribution in [1.29, 1.82) is 0 Å². The number of hydrazone groups is 1. The first-order chi connectivity index (χ1) is 12.0. The highest BCUT2D eigenvalue weighted by Gasteiger charge is 2.09. The molecule has 132 valence electrons. The summed E-state index contributed by atoms with van der Waals surface area (Å²) >= 11 is 5.90. The highest BCUT2D eigenvalue weighted by molar-refractivity contribution is 6.32. The van der Waals surface area contributed by atoms with E-state index in [2.05, 4.69) is 10.5 Å². The maximum atomic E-state index is 13.0. The molecule has 25 heavy (non-hydrogen) atoms. The molecule has 1 amide bonds. The maximum absolute atomic E-state index is 13.0. The average Bonchev–Trinajstić information content (AvgIpc) is 2.58. The molecule has 0 spiro atoms. The minimum atomic E-state index is -0.518. The number of phenols is 1. The molecular formula is C17H16ClFN2O4. The van der Waals surface area contributed by atoms with Gasteiger partial charge in [0.2, 0.25) is 0 Å². The lowest BCUT2D eigenvalue weighted by molar-refractivity contribution is -0.123. The van der Waals surface area contributed by atoms with Gasteiger partial charge in [-0.1, -0.05) is 17.7 Å². The van der Waals surface area contributed by atoms with Crippen LogP contribution in [0, 0.1) is 5.82 Å². The normalized spacial score (nSPS) is 10.7. The van der Waals surface area contributed by atoms with Gasteiger partial charge in [0.15, 0.2) is 18.1 Å². The van der Waals surface area contributed by atoms with Crippen LogP contribution in [-0.2, 0) is 4.79 Å². The van der Waals surface area contributed by atoms with E-state index in [1.807, 2.05) is 0 Å². The Bertz CT molecular complexity index is 783. The van der Waals surface area contributed by atoms with E-state index in [-0.39, 0.29) is 28.9 Å². The molecule has 0 unspecified atom stereocenters. The topological polar surface area (TPSA) is 80.2 Å². The molecule has 2 N–H and O–H groups in total. The summed E-state index contributed by atoms with van der Waals surface area (Å²) in [7, 11) is 0. The molecule has 0 heterocycles. The van der Waals surface area contributed by atoms with Gasteiger partial charge >= 0.3 is 0 Å². The van der Waals surface area contributed by atoms with Crippen LogP contribution in [-0.4, -0.2) is 30.4 Å². The standard InChI is InChI=1S/C17H16ClFN2O4/c1-2-24-15-7-11(6-14(18)17(15)23)9-20-21-16(22)10-25-13-5-3-4-12(19)8-13/h3-9,23H,2,10H2,1H3,(H,21,22)/b20-9+. The summed E-state index contributed by atoms with van der Waals surface area (Å²) in [6, 6.07) is 8.46. The van der Waals surface area contributed by atoms with Crippen LogP contribution >= 0.6 is 11.6 Å². The Kier molecular flexibility index (Phi) is 6.59. The Hall–Kier alpha value is -2.80. The summed E-state index contributed by atoms with van der Waals surface area (Å²) in [6.45, 7) is 1.81. The first kappa shape index (κ1) is 18.5.